The molecule has 0 spiro atoms. The van der Waals surface area contributed by atoms with E-state index < -0.39 is 17.9 Å². The number of carbonyl (C=O) groups is 1. The lowest BCUT2D eigenvalue weighted by Gasteiger charge is -2.21. The summed E-state index contributed by atoms with van der Waals surface area (Å²) in [6.45, 7) is 1.33. The number of ether oxygens (including phenoxy) is 2. The van der Waals surface area contributed by atoms with Crippen molar-refractivity contribution < 1.29 is 23.0 Å². The Bertz CT molecular complexity index is 406. The van der Waals surface area contributed by atoms with E-state index in [-0.39, 0.29) is 12.2 Å². The summed E-state index contributed by atoms with van der Waals surface area (Å²) in [5.74, 6) is -4.86. The average Bonchev–Trinajstić information content (AvgIpc) is 2.38. The predicted octanol–water partition coefficient (Wildman–Crippen LogP) is 1.89. The molecule has 0 saturated carbocycles. The van der Waals surface area contributed by atoms with Gasteiger partial charge >= 0.3 is 11.9 Å². The fourth-order valence-electron chi connectivity index (χ4n) is 1.37. The summed E-state index contributed by atoms with van der Waals surface area (Å²) < 4.78 is 36.5. The van der Waals surface area contributed by atoms with Crippen molar-refractivity contribution in [2.24, 2.45) is 5.73 Å². The number of esters is 1. The van der Waals surface area contributed by atoms with Crippen molar-refractivity contribution in [3.8, 4) is 5.75 Å². The van der Waals surface area contributed by atoms with E-state index in [1.807, 2.05) is 0 Å². The van der Waals surface area contributed by atoms with Crippen molar-refractivity contribution in [3.63, 3.8) is 0 Å². The summed E-state index contributed by atoms with van der Waals surface area (Å²) in [4.78, 5) is 11.1. The molecular weight excluding hydrogens is 244 g/mol. The van der Waals surface area contributed by atoms with Gasteiger partial charge in [-0.1, -0.05) is 12.1 Å². The third kappa shape index (κ3) is 2.95. The van der Waals surface area contributed by atoms with Crippen LogP contribution < -0.4 is 10.5 Å². The molecule has 0 radical (unpaired) electrons. The highest BCUT2D eigenvalue weighted by Gasteiger charge is 2.47. The van der Waals surface area contributed by atoms with Gasteiger partial charge in [0.15, 0.2) is 0 Å². The maximum absolute atomic E-state index is 13.6. The number of carbonyl (C=O) groups excluding carboxylic acids is 1. The first kappa shape index (κ1) is 14.4. The summed E-state index contributed by atoms with van der Waals surface area (Å²) in [6, 6.07) is 4.02. The van der Waals surface area contributed by atoms with Crippen LogP contribution in [0.5, 0.6) is 5.75 Å². The van der Waals surface area contributed by atoms with Crippen molar-refractivity contribution in [1.29, 1.82) is 0 Å². The molecule has 0 heterocycles. The minimum atomic E-state index is -3.76. The first-order valence-electron chi connectivity index (χ1n) is 5.38. The first-order valence-corrected chi connectivity index (χ1v) is 5.38. The van der Waals surface area contributed by atoms with E-state index in [0.717, 1.165) is 0 Å². The Morgan fingerprint density at radius 1 is 1.39 bits per heavy atom. The summed E-state index contributed by atoms with van der Waals surface area (Å²) in [7, 11) is 1.46. The number of nitrogens with two attached hydrogens (primary N) is 1. The molecule has 1 aromatic rings. The molecule has 0 amide bonds. The van der Waals surface area contributed by atoms with Crippen LogP contribution in [0, 0.1) is 0 Å². The molecule has 0 aromatic heterocycles. The number of hydrogen-bond acceptors (Lipinski definition) is 4. The zero-order valence-electron chi connectivity index (χ0n) is 10.2. The highest BCUT2D eigenvalue weighted by Crippen LogP contribution is 2.31. The Morgan fingerprint density at radius 2 is 1.94 bits per heavy atom. The molecule has 18 heavy (non-hydrogen) atoms. The maximum Gasteiger partial charge on any atom is 0.379 e. The van der Waals surface area contributed by atoms with E-state index in [0.29, 0.717) is 5.75 Å². The molecular formula is C12H15F2NO3. The fraction of sp³-hybridized carbons (Fsp3) is 0.417. The van der Waals surface area contributed by atoms with Crippen molar-refractivity contribution in [2.75, 3.05) is 13.7 Å². The molecule has 0 unspecified atom stereocenters. The number of halogens is 2. The standard InChI is InChI=1S/C12H15F2NO3/c1-3-18-11(16)12(13,14)10(15)8-4-6-9(17-2)7-5-8/h4-7,10H,3,15H2,1-2H3/t10-/m1/s1. The summed E-state index contributed by atoms with van der Waals surface area (Å²) in [5.41, 5.74) is 5.54. The van der Waals surface area contributed by atoms with Crippen LogP contribution >= 0.6 is 0 Å². The molecule has 6 heteroatoms. The Morgan fingerprint density at radius 3 is 2.39 bits per heavy atom. The van der Waals surface area contributed by atoms with Gasteiger partial charge in [0, 0.05) is 0 Å². The molecule has 1 atom stereocenters. The molecule has 1 rings (SSSR count). The average molecular weight is 259 g/mol. The smallest absolute Gasteiger partial charge is 0.379 e. The number of benzene rings is 1. The molecule has 0 aliphatic carbocycles. The highest BCUT2D eigenvalue weighted by molar-refractivity contribution is 5.78. The minimum absolute atomic E-state index is 0.121. The van der Waals surface area contributed by atoms with E-state index in [9.17, 15) is 13.6 Å². The molecule has 0 fully saturated rings. The lowest BCUT2D eigenvalue weighted by molar-refractivity contribution is -0.174. The second-order valence-electron chi connectivity index (χ2n) is 3.59. The third-order valence-electron chi connectivity index (χ3n) is 2.41. The van der Waals surface area contributed by atoms with E-state index in [1.54, 1.807) is 0 Å². The lowest BCUT2D eigenvalue weighted by Crippen LogP contribution is -2.41. The summed E-state index contributed by atoms with van der Waals surface area (Å²) in [6.07, 6.45) is 0. The fourth-order valence-corrected chi connectivity index (χ4v) is 1.37. The van der Waals surface area contributed by atoms with Gasteiger partial charge in [0.1, 0.15) is 11.8 Å². The van der Waals surface area contributed by atoms with E-state index in [1.165, 1.54) is 38.3 Å². The van der Waals surface area contributed by atoms with Crippen LogP contribution in [0.4, 0.5) is 8.78 Å². The van der Waals surface area contributed by atoms with Gasteiger partial charge in [-0.05, 0) is 24.6 Å². The van der Waals surface area contributed by atoms with Crippen LogP contribution in [0.3, 0.4) is 0 Å². The SMILES string of the molecule is CCOC(=O)C(F)(F)[C@H](N)c1ccc(OC)cc1. The third-order valence-corrected chi connectivity index (χ3v) is 2.41. The van der Waals surface area contributed by atoms with Crippen LogP contribution in [0.1, 0.15) is 18.5 Å². The van der Waals surface area contributed by atoms with Gasteiger partial charge in [-0.25, -0.2) is 4.79 Å². The van der Waals surface area contributed by atoms with Crippen molar-refractivity contribution in [3.05, 3.63) is 29.8 Å². The molecule has 0 aliphatic rings. The second kappa shape index (κ2) is 5.77. The van der Waals surface area contributed by atoms with Crippen molar-refractivity contribution >= 4 is 5.97 Å². The van der Waals surface area contributed by atoms with Gasteiger partial charge in [-0.2, -0.15) is 8.78 Å². The van der Waals surface area contributed by atoms with Crippen molar-refractivity contribution in [2.45, 2.75) is 18.9 Å². The monoisotopic (exact) mass is 259 g/mol. The van der Waals surface area contributed by atoms with Gasteiger partial charge in [0.25, 0.3) is 0 Å². The van der Waals surface area contributed by atoms with Gasteiger partial charge in [-0.3, -0.25) is 0 Å². The highest BCUT2D eigenvalue weighted by atomic mass is 19.3. The minimum Gasteiger partial charge on any atom is -0.497 e. The van der Waals surface area contributed by atoms with Gasteiger partial charge in [0.05, 0.1) is 13.7 Å². The zero-order chi connectivity index (χ0) is 13.8. The van der Waals surface area contributed by atoms with E-state index in [2.05, 4.69) is 4.74 Å². The number of rotatable bonds is 5. The maximum atomic E-state index is 13.6. The normalized spacial score (nSPS) is 12.9. The Labute approximate surface area is 104 Å². The Balaban J connectivity index is 2.90. The van der Waals surface area contributed by atoms with Crippen LogP contribution in [0.15, 0.2) is 24.3 Å². The summed E-state index contributed by atoms with van der Waals surface area (Å²) in [5, 5.41) is 0. The van der Waals surface area contributed by atoms with Crippen molar-refractivity contribution in [1.82, 2.24) is 0 Å². The predicted molar refractivity (Wildman–Crippen MR) is 61.5 cm³/mol. The van der Waals surface area contributed by atoms with Crippen LogP contribution in [0.25, 0.3) is 0 Å². The first-order chi connectivity index (χ1) is 8.43. The van der Waals surface area contributed by atoms with Gasteiger partial charge < -0.3 is 15.2 Å². The number of alkyl halides is 2. The van der Waals surface area contributed by atoms with Gasteiger partial charge in [0.2, 0.25) is 0 Å². The van der Waals surface area contributed by atoms with E-state index in [4.69, 9.17) is 10.5 Å². The molecule has 0 bridgehead atoms. The quantitative estimate of drug-likeness (QED) is 0.820. The zero-order valence-corrected chi connectivity index (χ0v) is 10.2. The van der Waals surface area contributed by atoms with Crippen LogP contribution in [-0.4, -0.2) is 25.6 Å². The molecule has 0 aliphatic heterocycles. The Hall–Kier alpha value is -1.69. The second-order valence-corrected chi connectivity index (χ2v) is 3.59. The topological polar surface area (TPSA) is 61.5 Å². The summed E-state index contributed by atoms with van der Waals surface area (Å²) >= 11 is 0. The van der Waals surface area contributed by atoms with Crippen LogP contribution in [-0.2, 0) is 9.53 Å². The van der Waals surface area contributed by atoms with E-state index >= 15 is 0 Å². The molecule has 100 valence electrons. The molecule has 0 saturated heterocycles. The van der Waals surface area contributed by atoms with Gasteiger partial charge in [-0.15, -0.1) is 0 Å². The van der Waals surface area contributed by atoms with Crippen LogP contribution in [0.2, 0.25) is 0 Å². The number of hydrogen-bond donors (Lipinski definition) is 1. The molecule has 2 N–H and O–H groups in total. The Kier molecular flexibility index (Phi) is 4.61. The molecule has 4 nitrogen and oxygen atoms in total. The number of methoxy groups -OCH3 is 1. The molecule has 1 aromatic carbocycles. The largest absolute Gasteiger partial charge is 0.497 e. The lowest BCUT2D eigenvalue weighted by atomic mass is 10.0.